The summed E-state index contributed by atoms with van der Waals surface area (Å²) in [5.41, 5.74) is 1.88. The van der Waals surface area contributed by atoms with Crippen LogP contribution < -0.4 is 0 Å². The zero-order valence-electron chi connectivity index (χ0n) is 6.46. The predicted octanol–water partition coefficient (Wildman–Crippen LogP) is 1.76. The van der Waals surface area contributed by atoms with Gasteiger partial charge in [0.05, 0.1) is 0 Å². The zero-order valence-corrected chi connectivity index (χ0v) is 6.46. The molecule has 0 aliphatic heterocycles. The van der Waals surface area contributed by atoms with Crippen LogP contribution in [0.25, 0.3) is 0 Å². The monoisotopic (exact) mass is 132 g/mol. The van der Waals surface area contributed by atoms with Gasteiger partial charge in [-0.2, -0.15) is 0 Å². The second-order valence-electron chi connectivity index (χ2n) is 5.89. The Kier molecular flexibility index (Phi) is 0.264. The van der Waals surface area contributed by atoms with E-state index in [2.05, 4.69) is 13.8 Å². The molecule has 0 bridgehead atoms. The first-order valence-electron chi connectivity index (χ1n) is 4.73. The lowest BCUT2D eigenvalue weighted by molar-refractivity contribution is -0.649. The van der Waals surface area contributed by atoms with Gasteiger partial charge in [-0.1, -0.05) is 13.8 Å². The molecule has 6 fully saturated rings. The maximum atomic E-state index is 2.56. The standard InChI is InChI=1S/C10H12/c1-9-3-6-4(9)8-5(9)7(3)10(6,8)2/h3-8H,1-2H3. The summed E-state index contributed by atoms with van der Waals surface area (Å²) in [7, 11) is 0. The fourth-order valence-electron chi connectivity index (χ4n) is 6.60. The minimum Gasteiger partial charge on any atom is -0.0588 e. The summed E-state index contributed by atoms with van der Waals surface area (Å²) < 4.78 is 0. The molecule has 10 heavy (non-hydrogen) atoms. The molecule has 0 aromatic carbocycles. The maximum Gasteiger partial charge on any atom is -0.0223 e. The largest absolute Gasteiger partial charge is 0.0588 e. The average Bonchev–Trinajstić information content (AvgIpc) is 1.99. The molecular weight excluding hydrogens is 120 g/mol. The van der Waals surface area contributed by atoms with Gasteiger partial charge in [-0.05, 0) is 46.3 Å². The quantitative estimate of drug-likeness (QED) is 0.471. The number of hydrogen-bond acceptors (Lipinski definition) is 0. The van der Waals surface area contributed by atoms with Crippen LogP contribution in [0, 0.1) is 46.3 Å². The van der Waals surface area contributed by atoms with Gasteiger partial charge in [-0.3, -0.25) is 0 Å². The molecule has 6 aliphatic carbocycles. The molecule has 6 saturated carbocycles. The van der Waals surface area contributed by atoms with Crippen molar-refractivity contribution in [2.45, 2.75) is 13.8 Å². The molecule has 6 aliphatic rings. The maximum absolute atomic E-state index is 2.56. The van der Waals surface area contributed by atoms with Crippen LogP contribution in [0.2, 0.25) is 0 Å². The highest BCUT2D eigenvalue weighted by Crippen LogP contribution is 3.10. The van der Waals surface area contributed by atoms with Crippen molar-refractivity contribution in [1.29, 1.82) is 0 Å². The Hall–Kier alpha value is 0. The molecule has 0 nitrogen and oxygen atoms in total. The lowest BCUT2D eigenvalue weighted by Crippen LogP contribution is -3.08. The summed E-state index contributed by atoms with van der Waals surface area (Å²) in [5.74, 6) is 7.49. The first kappa shape index (κ1) is 4.13. The SMILES string of the molecule is CC12C3C4C1C1C2C3C41C. The van der Waals surface area contributed by atoms with Crippen molar-refractivity contribution >= 4 is 0 Å². The summed E-state index contributed by atoms with van der Waals surface area (Å²) in [5, 5.41) is 0. The Labute approximate surface area is 61.0 Å². The van der Waals surface area contributed by atoms with E-state index < -0.39 is 0 Å². The molecule has 0 atom stereocenters. The van der Waals surface area contributed by atoms with Gasteiger partial charge >= 0.3 is 0 Å². The third-order valence-electron chi connectivity index (χ3n) is 6.63. The molecule has 0 spiro atoms. The van der Waals surface area contributed by atoms with Crippen LogP contribution in [0.5, 0.6) is 0 Å². The zero-order chi connectivity index (χ0) is 6.46. The van der Waals surface area contributed by atoms with Crippen LogP contribution in [0.3, 0.4) is 0 Å². The molecule has 0 aromatic heterocycles. The fourth-order valence-corrected chi connectivity index (χ4v) is 6.60. The van der Waals surface area contributed by atoms with Crippen molar-refractivity contribution < 1.29 is 0 Å². The highest BCUT2D eigenvalue weighted by Gasteiger charge is 3.06. The number of rotatable bonds is 0. The summed E-state index contributed by atoms with van der Waals surface area (Å²) in [4.78, 5) is 0. The van der Waals surface area contributed by atoms with Gasteiger partial charge in [-0.25, -0.2) is 0 Å². The average molecular weight is 132 g/mol. The highest BCUT2D eigenvalue weighted by molar-refractivity contribution is 5.53. The molecule has 0 amide bonds. The molecule has 6 rings (SSSR count). The Morgan fingerprint density at radius 3 is 1.00 bits per heavy atom. The van der Waals surface area contributed by atoms with Gasteiger partial charge in [0, 0.05) is 0 Å². The van der Waals surface area contributed by atoms with E-state index in [0.29, 0.717) is 0 Å². The lowest BCUT2D eigenvalue weighted by Gasteiger charge is -3.11. The van der Waals surface area contributed by atoms with Crippen LogP contribution in [0.15, 0.2) is 0 Å². The first-order chi connectivity index (χ1) is 4.73. The van der Waals surface area contributed by atoms with Crippen molar-refractivity contribution in [1.82, 2.24) is 0 Å². The normalized spacial score (nSPS) is 104. The summed E-state index contributed by atoms with van der Waals surface area (Å²) in [6.07, 6.45) is 0. The van der Waals surface area contributed by atoms with Crippen molar-refractivity contribution in [2.75, 3.05) is 0 Å². The van der Waals surface area contributed by atoms with E-state index >= 15 is 0 Å². The van der Waals surface area contributed by atoms with Crippen molar-refractivity contribution in [3.63, 3.8) is 0 Å². The van der Waals surface area contributed by atoms with E-state index in [1.165, 1.54) is 35.5 Å². The topological polar surface area (TPSA) is 0 Å². The fraction of sp³-hybridized carbons (Fsp3) is 1.00. The third kappa shape index (κ3) is 0.109. The first-order valence-corrected chi connectivity index (χ1v) is 4.73. The molecule has 0 unspecified atom stereocenters. The van der Waals surface area contributed by atoms with Gasteiger partial charge in [0.25, 0.3) is 0 Å². The van der Waals surface area contributed by atoms with Crippen molar-refractivity contribution in [2.24, 2.45) is 46.3 Å². The van der Waals surface area contributed by atoms with Crippen LogP contribution in [-0.2, 0) is 0 Å². The van der Waals surface area contributed by atoms with E-state index in [-0.39, 0.29) is 0 Å². The van der Waals surface area contributed by atoms with Crippen molar-refractivity contribution in [3.8, 4) is 0 Å². The Balaban J connectivity index is 1.87. The molecular formula is C10H12. The molecule has 0 N–H and O–H groups in total. The van der Waals surface area contributed by atoms with Gasteiger partial charge in [0.1, 0.15) is 0 Å². The summed E-state index contributed by atoms with van der Waals surface area (Å²) in [6.45, 7) is 5.13. The van der Waals surface area contributed by atoms with Crippen LogP contribution in [0.4, 0.5) is 0 Å². The van der Waals surface area contributed by atoms with Crippen molar-refractivity contribution in [3.05, 3.63) is 0 Å². The Morgan fingerprint density at radius 1 is 0.600 bits per heavy atom. The Morgan fingerprint density at radius 2 is 0.800 bits per heavy atom. The molecule has 0 heteroatoms. The predicted molar refractivity (Wildman–Crippen MR) is 37.2 cm³/mol. The number of hydrogen-bond donors (Lipinski definition) is 0. The smallest absolute Gasteiger partial charge is 0.0223 e. The van der Waals surface area contributed by atoms with E-state index in [1.54, 1.807) is 0 Å². The van der Waals surface area contributed by atoms with E-state index in [1.807, 2.05) is 0 Å². The van der Waals surface area contributed by atoms with E-state index in [0.717, 1.165) is 10.8 Å². The van der Waals surface area contributed by atoms with Crippen LogP contribution in [0.1, 0.15) is 13.8 Å². The Bertz CT molecular complexity index is 205. The minimum atomic E-state index is 0.942. The lowest BCUT2D eigenvalue weighted by atomic mass is 8.93. The highest BCUT2D eigenvalue weighted by atomic mass is 15.1. The molecule has 52 valence electrons. The molecule has 0 saturated heterocycles. The van der Waals surface area contributed by atoms with Crippen LogP contribution >= 0.6 is 0 Å². The molecule has 0 aromatic rings. The van der Waals surface area contributed by atoms with Gasteiger partial charge in [0.2, 0.25) is 0 Å². The molecule has 0 radical (unpaired) electrons. The van der Waals surface area contributed by atoms with E-state index in [9.17, 15) is 0 Å². The van der Waals surface area contributed by atoms with E-state index in [4.69, 9.17) is 0 Å². The van der Waals surface area contributed by atoms with Gasteiger partial charge in [-0.15, -0.1) is 0 Å². The van der Waals surface area contributed by atoms with Crippen LogP contribution in [-0.4, -0.2) is 0 Å². The van der Waals surface area contributed by atoms with Gasteiger partial charge in [0.15, 0.2) is 0 Å². The van der Waals surface area contributed by atoms with Gasteiger partial charge < -0.3 is 0 Å². The third-order valence-corrected chi connectivity index (χ3v) is 6.63. The summed E-state index contributed by atoms with van der Waals surface area (Å²) in [6, 6.07) is 0. The summed E-state index contributed by atoms with van der Waals surface area (Å²) >= 11 is 0. The molecule has 0 heterocycles. The minimum absolute atomic E-state index is 0.942. The second-order valence-corrected chi connectivity index (χ2v) is 5.89. The second kappa shape index (κ2) is 0.640.